The molecule has 0 fully saturated rings. The van der Waals surface area contributed by atoms with Crippen molar-refractivity contribution in [3.8, 4) is 0 Å². The molecule has 0 saturated heterocycles. The van der Waals surface area contributed by atoms with E-state index in [1.165, 1.54) is 5.56 Å². The lowest BCUT2D eigenvalue weighted by molar-refractivity contribution is 0.0526. The standard InChI is InChI=1S/C13H18O2/c1-4-10(3)11-7-6-8-12(9-11)13(14)15-5-2/h6-10H,4-5H2,1-3H3. The number of carbonyl (C=O) groups is 1. The number of esters is 1. The zero-order valence-corrected chi connectivity index (χ0v) is 9.62. The first kappa shape index (κ1) is 11.8. The molecule has 0 spiro atoms. The number of carbonyl (C=O) groups excluding carboxylic acids is 1. The molecule has 1 atom stereocenters. The second-order valence-corrected chi connectivity index (χ2v) is 3.66. The summed E-state index contributed by atoms with van der Waals surface area (Å²) in [6, 6.07) is 7.68. The molecule has 0 N–H and O–H groups in total. The molecule has 15 heavy (non-hydrogen) atoms. The minimum absolute atomic E-state index is 0.234. The fourth-order valence-corrected chi connectivity index (χ4v) is 1.42. The highest BCUT2D eigenvalue weighted by Crippen LogP contribution is 2.19. The van der Waals surface area contributed by atoms with Gasteiger partial charge in [0.1, 0.15) is 0 Å². The molecular weight excluding hydrogens is 188 g/mol. The molecule has 1 aromatic rings. The molecule has 1 aromatic carbocycles. The Kier molecular flexibility index (Phi) is 4.35. The first-order valence-corrected chi connectivity index (χ1v) is 5.46. The van der Waals surface area contributed by atoms with Crippen LogP contribution in [0.2, 0.25) is 0 Å². The fraction of sp³-hybridized carbons (Fsp3) is 0.462. The molecule has 0 aromatic heterocycles. The summed E-state index contributed by atoms with van der Waals surface area (Å²) in [5.74, 6) is 0.252. The second-order valence-electron chi connectivity index (χ2n) is 3.66. The predicted octanol–water partition coefficient (Wildman–Crippen LogP) is 3.38. The van der Waals surface area contributed by atoms with Crippen LogP contribution in [0, 0.1) is 0 Å². The summed E-state index contributed by atoms with van der Waals surface area (Å²) in [6.45, 7) is 6.54. The summed E-state index contributed by atoms with van der Waals surface area (Å²) in [6.07, 6.45) is 1.08. The van der Waals surface area contributed by atoms with Gasteiger partial charge in [-0.2, -0.15) is 0 Å². The number of rotatable bonds is 4. The van der Waals surface area contributed by atoms with E-state index < -0.39 is 0 Å². The van der Waals surface area contributed by atoms with Crippen LogP contribution in [0.15, 0.2) is 24.3 Å². The highest BCUT2D eigenvalue weighted by atomic mass is 16.5. The number of hydrogen-bond donors (Lipinski definition) is 0. The molecule has 2 heteroatoms. The van der Waals surface area contributed by atoms with Gasteiger partial charge in [-0.1, -0.05) is 26.0 Å². The molecule has 1 rings (SSSR count). The molecule has 0 radical (unpaired) electrons. The third kappa shape index (κ3) is 3.08. The summed E-state index contributed by atoms with van der Waals surface area (Å²) < 4.78 is 4.96. The summed E-state index contributed by atoms with van der Waals surface area (Å²) in [4.78, 5) is 11.5. The number of ether oxygens (including phenoxy) is 1. The van der Waals surface area contributed by atoms with Crippen molar-refractivity contribution in [2.75, 3.05) is 6.61 Å². The minimum Gasteiger partial charge on any atom is -0.462 e. The summed E-state index contributed by atoms with van der Waals surface area (Å²) in [5.41, 5.74) is 1.85. The Morgan fingerprint density at radius 2 is 2.13 bits per heavy atom. The summed E-state index contributed by atoms with van der Waals surface area (Å²) in [7, 11) is 0. The molecule has 0 aliphatic heterocycles. The Balaban J connectivity index is 2.87. The van der Waals surface area contributed by atoms with Crippen LogP contribution in [0.3, 0.4) is 0 Å². The quantitative estimate of drug-likeness (QED) is 0.706. The zero-order chi connectivity index (χ0) is 11.3. The molecule has 0 amide bonds. The van der Waals surface area contributed by atoms with E-state index in [-0.39, 0.29) is 5.97 Å². The Morgan fingerprint density at radius 1 is 1.40 bits per heavy atom. The van der Waals surface area contributed by atoms with Gasteiger partial charge in [-0.05, 0) is 37.0 Å². The van der Waals surface area contributed by atoms with Crippen molar-refractivity contribution in [1.29, 1.82) is 0 Å². The maximum Gasteiger partial charge on any atom is 0.338 e. The third-order valence-electron chi connectivity index (χ3n) is 2.58. The van der Waals surface area contributed by atoms with Crippen LogP contribution in [-0.4, -0.2) is 12.6 Å². The van der Waals surface area contributed by atoms with Crippen molar-refractivity contribution in [2.24, 2.45) is 0 Å². The molecule has 0 aliphatic rings. The molecular formula is C13H18O2. The van der Waals surface area contributed by atoms with Crippen LogP contribution in [0.1, 0.15) is 49.0 Å². The molecule has 82 valence electrons. The van der Waals surface area contributed by atoms with Crippen LogP contribution in [0.5, 0.6) is 0 Å². The largest absolute Gasteiger partial charge is 0.462 e. The predicted molar refractivity (Wildman–Crippen MR) is 61.1 cm³/mol. The first-order valence-electron chi connectivity index (χ1n) is 5.46. The molecule has 2 nitrogen and oxygen atoms in total. The van der Waals surface area contributed by atoms with E-state index in [2.05, 4.69) is 19.9 Å². The molecule has 0 aliphatic carbocycles. The second kappa shape index (κ2) is 5.54. The van der Waals surface area contributed by atoms with Crippen LogP contribution < -0.4 is 0 Å². The lowest BCUT2D eigenvalue weighted by atomic mass is 9.97. The van der Waals surface area contributed by atoms with Gasteiger partial charge in [0, 0.05) is 0 Å². The van der Waals surface area contributed by atoms with E-state index >= 15 is 0 Å². The lowest BCUT2D eigenvalue weighted by Gasteiger charge is -2.10. The third-order valence-corrected chi connectivity index (χ3v) is 2.58. The molecule has 0 bridgehead atoms. The SMILES string of the molecule is CCOC(=O)c1cccc(C(C)CC)c1. The maximum atomic E-state index is 11.5. The summed E-state index contributed by atoms with van der Waals surface area (Å²) in [5, 5.41) is 0. The minimum atomic E-state index is -0.234. The monoisotopic (exact) mass is 206 g/mol. The lowest BCUT2D eigenvalue weighted by Crippen LogP contribution is -2.05. The molecule has 1 unspecified atom stereocenters. The van der Waals surface area contributed by atoms with E-state index in [1.807, 2.05) is 19.1 Å². The number of hydrogen-bond acceptors (Lipinski definition) is 2. The highest BCUT2D eigenvalue weighted by Gasteiger charge is 2.09. The zero-order valence-electron chi connectivity index (χ0n) is 9.62. The van der Waals surface area contributed by atoms with E-state index in [9.17, 15) is 4.79 Å². The van der Waals surface area contributed by atoms with Gasteiger partial charge in [0.15, 0.2) is 0 Å². The van der Waals surface area contributed by atoms with E-state index in [0.29, 0.717) is 18.1 Å². The van der Waals surface area contributed by atoms with Crippen molar-refractivity contribution >= 4 is 5.97 Å². The van der Waals surface area contributed by atoms with Gasteiger partial charge >= 0.3 is 5.97 Å². The molecule has 0 saturated carbocycles. The average Bonchev–Trinajstić information content (AvgIpc) is 2.28. The Labute approximate surface area is 91.3 Å². The normalized spacial score (nSPS) is 12.2. The van der Waals surface area contributed by atoms with Gasteiger partial charge < -0.3 is 4.74 Å². The van der Waals surface area contributed by atoms with Crippen LogP contribution >= 0.6 is 0 Å². The van der Waals surface area contributed by atoms with Crippen molar-refractivity contribution in [1.82, 2.24) is 0 Å². The summed E-state index contributed by atoms with van der Waals surface area (Å²) >= 11 is 0. The topological polar surface area (TPSA) is 26.3 Å². The van der Waals surface area contributed by atoms with Crippen LogP contribution in [0.25, 0.3) is 0 Å². The van der Waals surface area contributed by atoms with Gasteiger partial charge in [0.25, 0.3) is 0 Å². The Hall–Kier alpha value is -1.31. The Morgan fingerprint density at radius 3 is 2.73 bits per heavy atom. The fourth-order valence-electron chi connectivity index (χ4n) is 1.42. The first-order chi connectivity index (χ1) is 7.19. The van der Waals surface area contributed by atoms with E-state index in [1.54, 1.807) is 6.07 Å². The Bertz CT molecular complexity index is 331. The van der Waals surface area contributed by atoms with Crippen molar-refractivity contribution in [3.63, 3.8) is 0 Å². The van der Waals surface area contributed by atoms with Crippen LogP contribution in [0.4, 0.5) is 0 Å². The molecule has 0 heterocycles. The van der Waals surface area contributed by atoms with Gasteiger partial charge in [-0.25, -0.2) is 4.79 Å². The van der Waals surface area contributed by atoms with Gasteiger partial charge in [0.2, 0.25) is 0 Å². The van der Waals surface area contributed by atoms with Crippen molar-refractivity contribution in [3.05, 3.63) is 35.4 Å². The highest BCUT2D eigenvalue weighted by molar-refractivity contribution is 5.89. The average molecular weight is 206 g/mol. The van der Waals surface area contributed by atoms with Gasteiger partial charge in [-0.3, -0.25) is 0 Å². The van der Waals surface area contributed by atoms with Crippen LogP contribution in [-0.2, 0) is 4.74 Å². The maximum absolute atomic E-state index is 11.5. The van der Waals surface area contributed by atoms with E-state index in [4.69, 9.17) is 4.74 Å². The van der Waals surface area contributed by atoms with Gasteiger partial charge in [0.05, 0.1) is 12.2 Å². The van der Waals surface area contributed by atoms with E-state index in [0.717, 1.165) is 6.42 Å². The van der Waals surface area contributed by atoms with Crippen molar-refractivity contribution < 1.29 is 9.53 Å². The van der Waals surface area contributed by atoms with Crippen molar-refractivity contribution in [2.45, 2.75) is 33.1 Å². The van der Waals surface area contributed by atoms with Gasteiger partial charge in [-0.15, -0.1) is 0 Å². The number of benzene rings is 1. The smallest absolute Gasteiger partial charge is 0.338 e.